The fourth-order valence-corrected chi connectivity index (χ4v) is 3.20. The highest BCUT2D eigenvalue weighted by molar-refractivity contribution is 6.30. The third-order valence-corrected chi connectivity index (χ3v) is 4.70. The largest absolute Gasteiger partial charge is 0.294 e. The van der Waals surface area contributed by atoms with Crippen LogP contribution in [0.15, 0.2) is 24.3 Å². The molecule has 19 heavy (non-hydrogen) atoms. The van der Waals surface area contributed by atoms with Crippen LogP contribution in [0.5, 0.6) is 0 Å². The van der Waals surface area contributed by atoms with E-state index in [0.29, 0.717) is 16.2 Å². The zero-order valence-corrected chi connectivity index (χ0v) is 12.8. The van der Waals surface area contributed by atoms with Gasteiger partial charge in [-0.25, -0.2) is 0 Å². The lowest BCUT2D eigenvalue weighted by molar-refractivity contribution is 0.0819. The van der Waals surface area contributed by atoms with Crippen LogP contribution in [0.3, 0.4) is 0 Å². The van der Waals surface area contributed by atoms with Crippen molar-refractivity contribution in [2.75, 3.05) is 0 Å². The van der Waals surface area contributed by atoms with Crippen LogP contribution >= 0.6 is 11.6 Å². The minimum absolute atomic E-state index is 0.208. The summed E-state index contributed by atoms with van der Waals surface area (Å²) in [7, 11) is 0. The molecule has 0 radical (unpaired) electrons. The average Bonchev–Trinajstić information content (AvgIpc) is 2.38. The maximum Gasteiger partial charge on any atom is 0.165 e. The van der Waals surface area contributed by atoms with E-state index in [1.165, 1.54) is 12.8 Å². The first-order chi connectivity index (χ1) is 8.88. The first-order valence-corrected chi connectivity index (χ1v) is 7.55. The zero-order chi connectivity index (χ0) is 14.0. The van der Waals surface area contributed by atoms with E-state index in [2.05, 4.69) is 20.8 Å². The maximum absolute atomic E-state index is 12.4. The van der Waals surface area contributed by atoms with Gasteiger partial charge in [0.2, 0.25) is 0 Å². The van der Waals surface area contributed by atoms with Crippen molar-refractivity contribution in [3.05, 3.63) is 34.9 Å². The topological polar surface area (TPSA) is 17.1 Å². The minimum Gasteiger partial charge on any atom is -0.294 e. The molecule has 1 saturated carbocycles. The van der Waals surface area contributed by atoms with Gasteiger partial charge in [-0.1, -0.05) is 32.4 Å². The molecule has 0 saturated heterocycles. The molecule has 1 aromatic carbocycles. The van der Waals surface area contributed by atoms with Crippen molar-refractivity contribution in [1.82, 2.24) is 0 Å². The standard InChI is InChI=1S/C17H23ClO/c1-17(2,3)14-8-4-12(5-9-14)16(19)13-6-10-15(18)11-7-13/h6-7,10-12,14H,4-5,8-9H2,1-3H3. The van der Waals surface area contributed by atoms with Gasteiger partial charge in [0.05, 0.1) is 0 Å². The van der Waals surface area contributed by atoms with E-state index in [0.717, 1.165) is 24.3 Å². The summed E-state index contributed by atoms with van der Waals surface area (Å²) in [6, 6.07) is 7.30. The number of hydrogen-bond acceptors (Lipinski definition) is 1. The molecule has 2 heteroatoms. The van der Waals surface area contributed by atoms with Crippen molar-refractivity contribution < 1.29 is 4.79 Å². The number of hydrogen-bond donors (Lipinski definition) is 0. The normalized spacial score (nSPS) is 24.2. The molecule has 0 atom stereocenters. The van der Waals surface area contributed by atoms with Crippen molar-refractivity contribution in [2.24, 2.45) is 17.3 Å². The van der Waals surface area contributed by atoms with Crippen LogP contribution in [0.2, 0.25) is 5.02 Å². The first-order valence-electron chi connectivity index (χ1n) is 7.17. The van der Waals surface area contributed by atoms with Crippen molar-refractivity contribution in [2.45, 2.75) is 46.5 Å². The number of Topliss-reactive ketones (excluding diaryl/α,β-unsaturated/α-hetero) is 1. The molecule has 1 fully saturated rings. The second-order valence-electron chi connectivity index (χ2n) is 6.79. The lowest BCUT2D eigenvalue weighted by Crippen LogP contribution is -2.28. The maximum atomic E-state index is 12.4. The van der Waals surface area contributed by atoms with E-state index < -0.39 is 0 Å². The summed E-state index contributed by atoms with van der Waals surface area (Å²) in [5, 5.41) is 0.688. The Morgan fingerprint density at radius 1 is 1.05 bits per heavy atom. The summed E-state index contributed by atoms with van der Waals surface area (Å²) in [4.78, 5) is 12.4. The van der Waals surface area contributed by atoms with Crippen LogP contribution in [-0.4, -0.2) is 5.78 Å². The Morgan fingerprint density at radius 2 is 1.58 bits per heavy atom. The number of carbonyl (C=O) groups excluding carboxylic acids is 1. The van der Waals surface area contributed by atoms with Gasteiger partial charge in [0.15, 0.2) is 5.78 Å². The minimum atomic E-state index is 0.208. The Hall–Kier alpha value is -0.820. The van der Waals surface area contributed by atoms with Gasteiger partial charge in [-0.3, -0.25) is 4.79 Å². The summed E-state index contributed by atoms with van der Waals surface area (Å²) in [5.74, 6) is 1.26. The molecule has 0 amide bonds. The predicted octanol–water partition coefficient (Wildman–Crippen LogP) is 5.38. The van der Waals surface area contributed by atoms with Crippen LogP contribution in [0.4, 0.5) is 0 Å². The summed E-state index contributed by atoms with van der Waals surface area (Å²) in [6.45, 7) is 6.91. The molecule has 0 bridgehead atoms. The van der Waals surface area contributed by atoms with Gasteiger partial charge in [-0.15, -0.1) is 0 Å². The Labute approximate surface area is 121 Å². The fourth-order valence-electron chi connectivity index (χ4n) is 3.07. The van der Waals surface area contributed by atoms with Crippen molar-refractivity contribution in [3.8, 4) is 0 Å². The molecule has 1 nitrogen and oxygen atoms in total. The Kier molecular flexibility index (Phi) is 4.35. The van der Waals surface area contributed by atoms with Crippen molar-refractivity contribution in [3.63, 3.8) is 0 Å². The SMILES string of the molecule is CC(C)(C)C1CCC(C(=O)c2ccc(Cl)cc2)CC1. The van der Waals surface area contributed by atoms with Gasteiger partial charge >= 0.3 is 0 Å². The molecular weight excluding hydrogens is 256 g/mol. The van der Waals surface area contributed by atoms with E-state index in [-0.39, 0.29) is 5.92 Å². The number of ketones is 1. The smallest absolute Gasteiger partial charge is 0.165 e. The van der Waals surface area contributed by atoms with Gasteiger partial charge < -0.3 is 0 Å². The molecule has 104 valence electrons. The van der Waals surface area contributed by atoms with E-state index in [4.69, 9.17) is 11.6 Å². The van der Waals surface area contributed by atoms with E-state index in [1.54, 1.807) is 12.1 Å². The predicted molar refractivity (Wildman–Crippen MR) is 80.7 cm³/mol. The second kappa shape index (κ2) is 5.66. The van der Waals surface area contributed by atoms with Gasteiger partial charge in [0, 0.05) is 16.5 Å². The third-order valence-electron chi connectivity index (χ3n) is 4.45. The molecule has 1 aliphatic rings. The van der Waals surface area contributed by atoms with Gasteiger partial charge in [0.1, 0.15) is 0 Å². The molecule has 0 spiro atoms. The first kappa shape index (κ1) is 14.6. The molecule has 0 aromatic heterocycles. The lowest BCUT2D eigenvalue weighted by Gasteiger charge is -2.36. The number of benzene rings is 1. The van der Waals surface area contributed by atoms with Crippen LogP contribution in [-0.2, 0) is 0 Å². The summed E-state index contributed by atoms with van der Waals surface area (Å²) in [5.41, 5.74) is 1.18. The molecule has 0 N–H and O–H groups in total. The van der Waals surface area contributed by atoms with E-state index >= 15 is 0 Å². The quantitative estimate of drug-likeness (QED) is 0.664. The summed E-state index contributed by atoms with van der Waals surface area (Å²) >= 11 is 5.86. The van der Waals surface area contributed by atoms with Crippen molar-refractivity contribution >= 4 is 17.4 Å². The average molecular weight is 279 g/mol. The fraction of sp³-hybridized carbons (Fsp3) is 0.588. The Balaban J connectivity index is 1.98. The third kappa shape index (κ3) is 3.60. The summed E-state index contributed by atoms with van der Waals surface area (Å²) < 4.78 is 0. The lowest BCUT2D eigenvalue weighted by atomic mass is 9.69. The number of carbonyl (C=O) groups is 1. The van der Waals surface area contributed by atoms with Crippen LogP contribution in [0.1, 0.15) is 56.8 Å². The zero-order valence-electron chi connectivity index (χ0n) is 12.1. The Morgan fingerprint density at radius 3 is 2.05 bits per heavy atom. The monoisotopic (exact) mass is 278 g/mol. The number of halogens is 1. The Bertz CT molecular complexity index is 433. The highest BCUT2D eigenvalue weighted by atomic mass is 35.5. The summed E-state index contributed by atoms with van der Waals surface area (Å²) in [6.07, 6.45) is 4.41. The highest BCUT2D eigenvalue weighted by Gasteiger charge is 2.32. The molecule has 0 heterocycles. The molecule has 0 aliphatic heterocycles. The molecule has 1 aromatic rings. The van der Waals surface area contributed by atoms with Crippen LogP contribution < -0.4 is 0 Å². The van der Waals surface area contributed by atoms with Gasteiger partial charge in [-0.2, -0.15) is 0 Å². The van der Waals surface area contributed by atoms with Crippen LogP contribution in [0, 0.1) is 17.3 Å². The number of rotatable bonds is 2. The molecule has 2 rings (SSSR count). The van der Waals surface area contributed by atoms with Crippen molar-refractivity contribution in [1.29, 1.82) is 0 Å². The highest BCUT2D eigenvalue weighted by Crippen LogP contribution is 2.40. The molecule has 1 aliphatic carbocycles. The van der Waals surface area contributed by atoms with Crippen LogP contribution in [0.25, 0.3) is 0 Å². The molecular formula is C17H23ClO. The second-order valence-corrected chi connectivity index (χ2v) is 7.22. The van der Waals surface area contributed by atoms with Gasteiger partial charge in [-0.05, 0) is 61.3 Å². The van der Waals surface area contributed by atoms with Gasteiger partial charge in [0.25, 0.3) is 0 Å². The van der Waals surface area contributed by atoms with E-state index in [1.807, 2.05) is 12.1 Å². The molecule has 0 unspecified atom stereocenters. The van der Waals surface area contributed by atoms with E-state index in [9.17, 15) is 4.79 Å².